The Hall–Kier alpha value is -0.550. The zero-order chi connectivity index (χ0) is 10.0. The first-order valence-electron chi connectivity index (χ1n) is 5.93. The van der Waals surface area contributed by atoms with E-state index >= 15 is 0 Å². The van der Waals surface area contributed by atoms with Gasteiger partial charge in [0.2, 0.25) is 0 Å². The average Bonchev–Trinajstić information content (AvgIpc) is 2.16. The van der Waals surface area contributed by atoms with E-state index in [9.17, 15) is 5.26 Å². The number of rotatable bonds is 2. The molecule has 0 aromatic rings. The Morgan fingerprint density at radius 1 is 1.21 bits per heavy atom. The quantitative estimate of drug-likeness (QED) is 0.730. The van der Waals surface area contributed by atoms with Crippen LogP contribution in [0.15, 0.2) is 0 Å². The van der Waals surface area contributed by atoms with Crippen LogP contribution in [0.4, 0.5) is 0 Å². The molecule has 0 aliphatic heterocycles. The van der Waals surface area contributed by atoms with E-state index < -0.39 is 0 Å². The van der Waals surface area contributed by atoms with Crippen molar-refractivity contribution >= 4 is 0 Å². The van der Waals surface area contributed by atoms with Gasteiger partial charge in [-0.25, -0.2) is 0 Å². The van der Waals surface area contributed by atoms with Crippen LogP contribution in [-0.2, 0) is 0 Å². The molecule has 78 valence electrons. The highest BCUT2D eigenvalue weighted by molar-refractivity contribution is 5.15. The second kappa shape index (κ2) is 3.90. The third kappa shape index (κ3) is 1.93. The Morgan fingerprint density at radius 3 is 2.36 bits per heavy atom. The van der Waals surface area contributed by atoms with Gasteiger partial charge >= 0.3 is 0 Å². The molecule has 1 N–H and O–H groups in total. The van der Waals surface area contributed by atoms with Gasteiger partial charge in [-0.15, -0.1) is 0 Å². The number of hydrogen-bond donors (Lipinski definition) is 1. The standard InChI is InChI=1S/C12H20N2/c1-10-7-12(8-10,9-13)14-11-5-3-2-4-6-11/h10-11,14H,2-8H2,1H3. The van der Waals surface area contributed by atoms with Crippen LogP contribution in [0.1, 0.15) is 51.9 Å². The van der Waals surface area contributed by atoms with Crippen LogP contribution in [0.3, 0.4) is 0 Å². The highest BCUT2D eigenvalue weighted by Gasteiger charge is 2.43. The molecule has 2 aliphatic carbocycles. The molecule has 0 unspecified atom stereocenters. The van der Waals surface area contributed by atoms with Crippen LogP contribution < -0.4 is 5.32 Å². The van der Waals surface area contributed by atoms with Crippen molar-refractivity contribution < 1.29 is 0 Å². The zero-order valence-electron chi connectivity index (χ0n) is 9.05. The van der Waals surface area contributed by atoms with Gasteiger partial charge in [0.05, 0.1) is 6.07 Å². The molecule has 2 nitrogen and oxygen atoms in total. The van der Waals surface area contributed by atoms with Crippen molar-refractivity contribution in [3.8, 4) is 6.07 Å². The van der Waals surface area contributed by atoms with E-state index in [0.717, 1.165) is 18.8 Å². The van der Waals surface area contributed by atoms with Crippen LogP contribution in [0.2, 0.25) is 0 Å². The summed E-state index contributed by atoms with van der Waals surface area (Å²) in [5, 5.41) is 12.8. The molecular formula is C12H20N2. The molecule has 0 aromatic carbocycles. The summed E-state index contributed by atoms with van der Waals surface area (Å²) < 4.78 is 0. The second-order valence-electron chi connectivity index (χ2n) is 5.19. The van der Waals surface area contributed by atoms with E-state index in [1.165, 1.54) is 32.1 Å². The van der Waals surface area contributed by atoms with Crippen LogP contribution >= 0.6 is 0 Å². The van der Waals surface area contributed by atoms with Crippen LogP contribution in [0.5, 0.6) is 0 Å². The topological polar surface area (TPSA) is 35.8 Å². The largest absolute Gasteiger partial charge is 0.297 e. The number of nitriles is 1. The van der Waals surface area contributed by atoms with Crippen molar-refractivity contribution in [2.45, 2.75) is 63.5 Å². The lowest BCUT2D eigenvalue weighted by Gasteiger charge is -2.44. The van der Waals surface area contributed by atoms with Gasteiger partial charge in [0.15, 0.2) is 0 Å². The minimum Gasteiger partial charge on any atom is -0.297 e. The van der Waals surface area contributed by atoms with Gasteiger partial charge < -0.3 is 0 Å². The van der Waals surface area contributed by atoms with E-state index in [1.807, 2.05) is 0 Å². The molecule has 2 fully saturated rings. The van der Waals surface area contributed by atoms with Crippen molar-refractivity contribution in [2.75, 3.05) is 0 Å². The lowest BCUT2D eigenvalue weighted by atomic mass is 9.69. The van der Waals surface area contributed by atoms with Gasteiger partial charge in [-0.2, -0.15) is 5.26 Å². The minimum absolute atomic E-state index is 0.151. The Labute approximate surface area is 86.7 Å². The van der Waals surface area contributed by atoms with Gasteiger partial charge in [-0.1, -0.05) is 26.2 Å². The summed E-state index contributed by atoms with van der Waals surface area (Å²) in [6, 6.07) is 3.10. The van der Waals surface area contributed by atoms with Gasteiger partial charge in [-0.05, 0) is 31.6 Å². The summed E-state index contributed by atoms with van der Waals surface area (Å²) in [5.41, 5.74) is -0.151. The van der Waals surface area contributed by atoms with E-state index in [-0.39, 0.29) is 5.54 Å². The number of nitrogens with zero attached hydrogens (tertiary/aromatic N) is 1. The molecule has 2 saturated carbocycles. The monoisotopic (exact) mass is 192 g/mol. The summed E-state index contributed by atoms with van der Waals surface area (Å²) in [6.45, 7) is 2.23. The van der Waals surface area contributed by atoms with Crippen LogP contribution in [0, 0.1) is 17.2 Å². The van der Waals surface area contributed by atoms with Crippen molar-refractivity contribution in [3.63, 3.8) is 0 Å². The fourth-order valence-corrected chi connectivity index (χ4v) is 3.01. The maximum atomic E-state index is 9.17. The Bertz CT molecular complexity index is 229. The lowest BCUT2D eigenvalue weighted by Crippen LogP contribution is -2.57. The third-order valence-electron chi connectivity index (χ3n) is 3.69. The predicted molar refractivity (Wildman–Crippen MR) is 56.8 cm³/mol. The van der Waals surface area contributed by atoms with E-state index in [2.05, 4.69) is 18.3 Å². The lowest BCUT2D eigenvalue weighted by molar-refractivity contribution is 0.144. The molecule has 0 spiro atoms. The van der Waals surface area contributed by atoms with Crippen molar-refractivity contribution in [2.24, 2.45) is 5.92 Å². The Balaban J connectivity index is 1.86. The number of nitrogens with one attached hydrogen (secondary N) is 1. The van der Waals surface area contributed by atoms with Crippen molar-refractivity contribution in [1.82, 2.24) is 5.32 Å². The fraction of sp³-hybridized carbons (Fsp3) is 0.917. The second-order valence-corrected chi connectivity index (χ2v) is 5.19. The highest BCUT2D eigenvalue weighted by Crippen LogP contribution is 2.38. The third-order valence-corrected chi connectivity index (χ3v) is 3.69. The average molecular weight is 192 g/mol. The molecule has 0 bridgehead atoms. The molecule has 0 radical (unpaired) electrons. The molecule has 0 atom stereocenters. The van der Waals surface area contributed by atoms with Gasteiger partial charge in [0, 0.05) is 6.04 Å². The molecule has 2 heteroatoms. The molecule has 0 amide bonds. The molecule has 2 aliphatic rings. The smallest absolute Gasteiger partial charge is 0.107 e. The van der Waals surface area contributed by atoms with E-state index in [4.69, 9.17) is 0 Å². The van der Waals surface area contributed by atoms with Gasteiger partial charge in [-0.3, -0.25) is 5.32 Å². The summed E-state index contributed by atoms with van der Waals surface area (Å²) in [6.07, 6.45) is 8.73. The van der Waals surface area contributed by atoms with Gasteiger partial charge in [0.1, 0.15) is 5.54 Å². The number of hydrogen-bond acceptors (Lipinski definition) is 2. The van der Waals surface area contributed by atoms with Crippen molar-refractivity contribution in [3.05, 3.63) is 0 Å². The van der Waals surface area contributed by atoms with E-state index in [0.29, 0.717) is 6.04 Å². The molecule has 0 saturated heterocycles. The highest BCUT2D eigenvalue weighted by atomic mass is 15.0. The molecule has 0 aromatic heterocycles. The predicted octanol–water partition coefficient (Wildman–Crippen LogP) is 2.60. The van der Waals surface area contributed by atoms with Crippen LogP contribution in [-0.4, -0.2) is 11.6 Å². The summed E-state index contributed by atoms with van der Waals surface area (Å²) in [5.74, 6) is 0.741. The molecule has 0 heterocycles. The molecule has 14 heavy (non-hydrogen) atoms. The SMILES string of the molecule is CC1CC(C#N)(NC2CCCCC2)C1. The summed E-state index contributed by atoms with van der Waals surface area (Å²) >= 11 is 0. The fourth-order valence-electron chi connectivity index (χ4n) is 3.01. The van der Waals surface area contributed by atoms with E-state index in [1.54, 1.807) is 0 Å². The molecule has 2 rings (SSSR count). The Morgan fingerprint density at radius 2 is 1.86 bits per heavy atom. The Kier molecular flexibility index (Phi) is 2.78. The van der Waals surface area contributed by atoms with Gasteiger partial charge in [0.25, 0.3) is 0 Å². The van der Waals surface area contributed by atoms with Crippen LogP contribution in [0.25, 0.3) is 0 Å². The van der Waals surface area contributed by atoms with Crippen molar-refractivity contribution in [1.29, 1.82) is 5.26 Å². The molecular weight excluding hydrogens is 172 g/mol. The minimum atomic E-state index is -0.151. The zero-order valence-corrected chi connectivity index (χ0v) is 9.05. The summed E-state index contributed by atoms with van der Waals surface area (Å²) in [7, 11) is 0. The first-order valence-corrected chi connectivity index (χ1v) is 5.93. The summed E-state index contributed by atoms with van der Waals surface area (Å²) in [4.78, 5) is 0. The maximum absolute atomic E-state index is 9.17. The normalized spacial score (nSPS) is 38.7. The first kappa shape index (κ1) is 9.98. The maximum Gasteiger partial charge on any atom is 0.107 e. The first-order chi connectivity index (χ1) is 6.74.